The van der Waals surface area contributed by atoms with Crippen molar-refractivity contribution >= 4 is 39.1 Å². The van der Waals surface area contributed by atoms with E-state index in [1.54, 1.807) is 12.1 Å². The van der Waals surface area contributed by atoms with E-state index in [4.69, 9.17) is 40.3 Å². The standard InChI is InChI=1S/C8H6ClN.C7H6BrCl.CN.Cu/c1-6-2-3-7(5-10)8(9)4-6;1-5-2-3-6(8)7(9)4-5;1-2;/h2-4H,1H3;2-4H,1H3;;/q;;-1;+1. The van der Waals surface area contributed by atoms with E-state index < -0.39 is 0 Å². The van der Waals surface area contributed by atoms with Crippen LogP contribution in [-0.4, -0.2) is 0 Å². The van der Waals surface area contributed by atoms with Gasteiger partial charge in [0.15, 0.2) is 0 Å². The Morgan fingerprint density at radius 1 is 0.955 bits per heavy atom. The zero-order valence-electron chi connectivity index (χ0n) is 11.8. The van der Waals surface area contributed by atoms with Gasteiger partial charge < -0.3 is 11.8 Å². The van der Waals surface area contributed by atoms with Crippen molar-refractivity contribution in [2.75, 3.05) is 0 Å². The molecule has 0 aliphatic rings. The topological polar surface area (TPSA) is 47.6 Å². The maximum Gasteiger partial charge on any atom is 1.00 e. The summed E-state index contributed by atoms with van der Waals surface area (Å²) in [6, 6.07) is 13.2. The van der Waals surface area contributed by atoms with Crippen LogP contribution in [0.15, 0.2) is 40.9 Å². The van der Waals surface area contributed by atoms with Gasteiger partial charge in [0.2, 0.25) is 0 Å². The molecule has 6 heteroatoms. The van der Waals surface area contributed by atoms with Gasteiger partial charge in [0.05, 0.1) is 15.6 Å². The van der Waals surface area contributed by atoms with Crippen LogP contribution in [0.1, 0.15) is 16.7 Å². The Bertz CT molecular complexity index is 667. The molecule has 0 unspecified atom stereocenters. The fourth-order valence-corrected chi connectivity index (χ4v) is 2.07. The van der Waals surface area contributed by atoms with Crippen molar-refractivity contribution in [1.82, 2.24) is 0 Å². The van der Waals surface area contributed by atoms with Crippen LogP contribution in [0, 0.1) is 37.0 Å². The summed E-state index contributed by atoms with van der Waals surface area (Å²) in [5, 5.41) is 16.0. The molecule has 0 saturated carbocycles. The molecule has 0 saturated heterocycles. The molecule has 22 heavy (non-hydrogen) atoms. The fourth-order valence-electron chi connectivity index (χ4n) is 1.31. The van der Waals surface area contributed by atoms with E-state index in [0.29, 0.717) is 10.6 Å². The van der Waals surface area contributed by atoms with E-state index in [-0.39, 0.29) is 17.1 Å². The molecule has 0 aliphatic heterocycles. The van der Waals surface area contributed by atoms with Crippen molar-refractivity contribution in [1.29, 1.82) is 10.5 Å². The average molecular weight is 447 g/mol. The van der Waals surface area contributed by atoms with Gasteiger partial charge in [-0.3, -0.25) is 0 Å². The second-order valence-electron chi connectivity index (χ2n) is 4.01. The second-order valence-corrected chi connectivity index (χ2v) is 5.68. The van der Waals surface area contributed by atoms with Gasteiger partial charge in [-0.25, -0.2) is 0 Å². The largest absolute Gasteiger partial charge is 1.00 e. The number of hydrogen-bond donors (Lipinski definition) is 0. The van der Waals surface area contributed by atoms with Crippen molar-refractivity contribution in [3.8, 4) is 6.07 Å². The minimum absolute atomic E-state index is 0. The van der Waals surface area contributed by atoms with Crippen LogP contribution in [0.5, 0.6) is 0 Å². The van der Waals surface area contributed by atoms with Gasteiger partial charge in [0.1, 0.15) is 6.07 Å². The van der Waals surface area contributed by atoms with Crippen LogP contribution in [-0.2, 0) is 17.1 Å². The van der Waals surface area contributed by atoms with Crippen molar-refractivity contribution in [3.63, 3.8) is 0 Å². The van der Waals surface area contributed by atoms with Gasteiger partial charge in [0, 0.05) is 4.47 Å². The normalized spacial score (nSPS) is 8.09. The summed E-state index contributed by atoms with van der Waals surface area (Å²) in [6.07, 6.45) is 0. The molecule has 2 aromatic rings. The average Bonchev–Trinajstić information content (AvgIpc) is 2.46. The Labute approximate surface area is 160 Å². The van der Waals surface area contributed by atoms with E-state index in [0.717, 1.165) is 15.1 Å². The third kappa shape index (κ3) is 8.44. The Morgan fingerprint density at radius 3 is 1.77 bits per heavy atom. The summed E-state index contributed by atoms with van der Waals surface area (Å²) in [4.78, 5) is 0. The number of benzene rings is 2. The zero-order valence-corrected chi connectivity index (χ0v) is 15.8. The molecule has 0 heterocycles. The van der Waals surface area contributed by atoms with Gasteiger partial charge in [-0.2, -0.15) is 5.26 Å². The summed E-state index contributed by atoms with van der Waals surface area (Å²) in [7, 11) is 0. The van der Waals surface area contributed by atoms with Crippen LogP contribution in [0.4, 0.5) is 0 Å². The van der Waals surface area contributed by atoms with Crippen LogP contribution in [0.2, 0.25) is 10.0 Å². The monoisotopic (exact) mass is 444 g/mol. The van der Waals surface area contributed by atoms with Gasteiger partial charge in [-0.05, 0) is 65.2 Å². The Hall–Kier alpha value is -1.00. The Kier molecular flexibility index (Phi) is 13.3. The number of rotatable bonds is 0. The van der Waals surface area contributed by atoms with Gasteiger partial charge >= 0.3 is 17.1 Å². The molecule has 0 bridgehead atoms. The SMILES string of the molecule is Cc1ccc(Br)c(Cl)c1.Cc1ccc(C#N)c(Cl)c1.[C-]#N.[Cu+]. The molecule has 118 valence electrons. The molecule has 2 rings (SSSR count). The van der Waals surface area contributed by atoms with Gasteiger partial charge in [-0.15, -0.1) is 0 Å². The summed E-state index contributed by atoms with van der Waals surface area (Å²) in [5.74, 6) is 0. The quantitative estimate of drug-likeness (QED) is 0.367. The number of aryl methyl sites for hydroxylation is 2. The van der Waals surface area contributed by atoms with Crippen molar-refractivity contribution in [3.05, 3.63) is 74.2 Å². The number of halogens is 3. The molecule has 0 radical (unpaired) electrons. The van der Waals surface area contributed by atoms with Crippen LogP contribution >= 0.6 is 39.1 Å². The summed E-state index contributed by atoms with van der Waals surface area (Å²) >= 11 is 14.8. The van der Waals surface area contributed by atoms with Crippen LogP contribution < -0.4 is 0 Å². The smallest absolute Gasteiger partial charge is 0.512 e. The molecule has 0 aromatic heterocycles. The maximum absolute atomic E-state index is 8.47. The molecule has 2 aromatic carbocycles. The number of hydrogen-bond acceptors (Lipinski definition) is 2. The molecular formula is C16H12BrCl2CuN2. The molecular weight excluding hydrogens is 435 g/mol. The van der Waals surface area contributed by atoms with Gasteiger partial charge in [0.25, 0.3) is 0 Å². The molecule has 0 fully saturated rings. The zero-order chi connectivity index (χ0) is 16.4. The van der Waals surface area contributed by atoms with Crippen molar-refractivity contribution < 1.29 is 17.1 Å². The molecule has 0 aliphatic carbocycles. The van der Waals surface area contributed by atoms with E-state index in [2.05, 4.69) is 15.9 Å². The molecule has 0 spiro atoms. The maximum atomic E-state index is 8.47. The first-order chi connectivity index (χ1) is 9.93. The third-order valence-electron chi connectivity index (χ3n) is 2.32. The van der Waals surface area contributed by atoms with Crippen LogP contribution in [0.25, 0.3) is 0 Å². The summed E-state index contributed by atoms with van der Waals surface area (Å²) in [6.45, 7) is 8.70. The first kappa shape index (κ1) is 23.3. The summed E-state index contributed by atoms with van der Waals surface area (Å²) < 4.78 is 0.953. The number of nitriles is 1. The van der Waals surface area contributed by atoms with E-state index >= 15 is 0 Å². The number of nitrogens with zero attached hydrogens (tertiary/aromatic N) is 2. The van der Waals surface area contributed by atoms with E-state index in [9.17, 15) is 0 Å². The third-order valence-corrected chi connectivity index (χ3v) is 3.87. The fraction of sp³-hybridized carbons (Fsp3) is 0.125. The summed E-state index contributed by atoms with van der Waals surface area (Å²) in [5.41, 5.74) is 2.79. The Balaban J connectivity index is 0. The van der Waals surface area contributed by atoms with Gasteiger partial charge in [-0.1, -0.05) is 35.3 Å². The molecule has 0 atom stereocenters. The second kappa shape index (κ2) is 12.5. The Morgan fingerprint density at radius 2 is 1.41 bits per heavy atom. The predicted molar refractivity (Wildman–Crippen MR) is 89.8 cm³/mol. The van der Waals surface area contributed by atoms with Crippen molar-refractivity contribution in [2.45, 2.75) is 13.8 Å². The van der Waals surface area contributed by atoms with E-state index in [1.807, 2.05) is 44.2 Å². The van der Waals surface area contributed by atoms with E-state index in [1.165, 1.54) is 5.56 Å². The van der Waals surface area contributed by atoms with Crippen molar-refractivity contribution in [2.24, 2.45) is 0 Å². The predicted octanol–water partition coefficient (Wildman–Crippen LogP) is 6.02. The first-order valence-corrected chi connectivity index (χ1v) is 7.29. The molecule has 0 amide bonds. The molecule has 0 N–H and O–H groups in total. The molecule has 2 nitrogen and oxygen atoms in total. The minimum atomic E-state index is 0. The first-order valence-electron chi connectivity index (χ1n) is 5.74. The minimum Gasteiger partial charge on any atom is -0.512 e. The van der Waals surface area contributed by atoms with Crippen LogP contribution in [0.3, 0.4) is 0 Å².